The normalized spacial score (nSPS) is 15.0. The highest BCUT2D eigenvalue weighted by molar-refractivity contribution is 5.95. The van der Waals surface area contributed by atoms with Crippen LogP contribution in [0, 0.1) is 17.8 Å². The fourth-order valence-corrected chi connectivity index (χ4v) is 3.22. The highest BCUT2D eigenvalue weighted by Crippen LogP contribution is 2.09. The quantitative estimate of drug-likeness (QED) is 0.198. The van der Waals surface area contributed by atoms with Crippen LogP contribution in [0.1, 0.15) is 67.2 Å². The van der Waals surface area contributed by atoms with Crippen LogP contribution >= 0.6 is 0 Å². The van der Waals surface area contributed by atoms with Crippen LogP contribution in [0.3, 0.4) is 0 Å². The van der Waals surface area contributed by atoms with Gasteiger partial charge in [0.15, 0.2) is 0 Å². The zero-order valence-corrected chi connectivity index (χ0v) is 20.4. The Morgan fingerprint density at radius 3 is 1.45 bits per heavy atom. The first kappa shape index (κ1) is 30.3. The van der Waals surface area contributed by atoms with E-state index in [1.54, 1.807) is 13.8 Å². The Balaban J connectivity index is 5.52. The van der Waals surface area contributed by atoms with Gasteiger partial charge in [-0.15, -0.1) is 0 Å². The van der Waals surface area contributed by atoms with Gasteiger partial charge in [0.05, 0.1) is 12.5 Å². The van der Waals surface area contributed by atoms with E-state index in [1.165, 1.54) is 0 Å². The van der Waals surface area contributed by atoms with Crippen molar-refractivity contribution in [3.8, 4) is 0 Å². The monoisotopic (exact) mass is 472 g/mol. The summed E-state index contributed by atoms with van der Waals surface area (Å²) in [6, 6.07) is -4.60. The van der Waals surface area contributed by atoms with Crippen molar-refractivity contribution >= 4 is 29.7 Å². The first-order valence-electron chi connectivity index (χ1n) is 11.2. The van der Waals surface area contributed by atoms with E-state index in [9.17, 15) is 34.2 Å². The maximum absolute atomic E-state index is 12.9. The molecule has 0 aromatic heterocycles. The van der Waals surface area contributed by atoms with Crippen LogP contribution in [0.5, 0.6) is 0 Å². The molecule has 0 aromatic rings. The Morgan fingerprint density at radius 2 is 1.03 bits per heavy atom. The van der Waals surface area contributed by atoms with E-state index in [2.05, 4.69) is 16.0 Å². The third-order valence-electron chi connectivity index (χ3n) is 4.74. The van der Waals surface area contributed by atoms with Gasteiger partial charge in [-0.1, -0.05) is 41.5 Å². The largest absolute Gasteiger partial charge is 0.481 e. The van der Waals surface area contributed by atoms with Crippen molar-refractivity contribution in [2.24, 2.45) is 23.5 Å². The molecular weight excluding hydrogens is 432 g/mol. The minimum Gasteiger partial charge on any atom is -0.481 e. The molecule has 33 heavy (non-hydrogen) atoms. The summed E-state index contributed by atoms with van der Waals surface area (Å²) in [6.07, 6.45) is 0.0339. The number of aliphatic carboxylic acids is 2. The number of rotatable bonds is 15. The van der Waals surface area contributed by atoms with Crippen molar-refractivity contribution in [2.75, 3.05) is 0 Å². The van der Waals surface area contributed by atoms with Crippen LogP contribution in [-0.2, 0) is 24.0 Å². The lowest BCUT2D eigenvalue weighted by Crippen LogP contribution is -2.57. The highest BCUT2D eigenvalue weighted by atomic mass is 16.4. The zero-order valence-electron chi connectivity index (χ0n) is 20.4. The van der Waals surface area contributed by atoms with Crippen LogP contribution in [0.15, 0.2) is 0 Å². The van der Waals surface area contributed by atoms with Gasteiger partial charge in [0, 0.05) is 0 Å². The summed E-state index contributed by atoms with van der Waals surface area (Å²) in [5.41, 5.74) is 5.89. The molecule has 0 heterocycles. The average molecular weight is 473 g/mol. The van der Waals surface area contributed by atoms with E-state index in [-0.39, 0.29) is 30.6 Å². The molecule has 0 fully saturated rings. The second kappa shape index (κ2) is 14.5. The number of hydrogen-bond donors (Lipinski definition) is 6. The van der Waals surface area contributed by atoms with Crippen LogP contribution in [0.2, 0.25) is 0 Å². The van der Waals surface area contributed by atoms with Gasteiger partial charge in [-0.2, -0.15) is 0 Å². The van der Waals surface area contributed by atoms with Crippen molar-refractivity contribution in [1.29, 1.82) is 0 Å². The number of amides is 3. The first-order valence-corrected chi connectivity index (χ1v) is 11.2. The molecule has 0 spiro atoms. The molecule has 0 aliphatic rings. The fraction of sp³-hybridized carbons (Fsp3) is 0.773. The van der Waals surface area contributed by atoms with Crippen LogP contribution in [0.4, 0.5) is 0 Å². The topological polar surface area (TPSA) is 188 Å². The van der Waals surface area contributed by atoms with Crippen molar-refractivity contribution in [3.05, 3.63) is 0 Å². The van der Waals surface area contributed by atoms with E-state index >= 15 is 0 Å². The molecule has 0 bridgehead atoms. The summed E-state index contributed by atoms with van der Waals surface area (Å²) >= 11 is 0. The van der Waals surface area contributed by atoms with Gasteiger partial charge in [-0.05, 0) is 37.0 Å². The lowest BCUT2D eigenvalue weighted by Gasteiger charge is -2.26. The number of hydrogen-bond acceptors (Lipinski definition) is 6. The molecule has 0 aliphatic heterocycles. The molecular formula is C22H40N4O7. The number of carbonyl (C=O) groups is 5. The summed E-state index contributed by atoms with van der Waals surface area (Å²) in [7, 11) is 0. The molecule has 0 saturated heterocycles. The van der Waals surface area contributed by atoms with Gasteiger partial charge in [0.25, 0.3) is 0 Å². The summed E-state index contributed by atoms with van der Waals surface area (Å²) in [5, 5.41) is 25.8. The van der Waals surface area contributed by atoms with E-state index in [0.717, 1.165) is 0 Å². The van der Waals surface area contributed by atoms with Gasteiger partial charge in [0.1, 0.15) is 18.1 Å². The molecule has 3 amide bonds. The average Bonchev–Trinajstić information content (AvgIpc) is 2.64. The van der Waals surface area contributed by atoms with Gasteiger partial charge in [-0.3, -0.25) is 19.2 Å². The Labute approximate surface area is 195 Å². The second-order valence-corrected chi connectivity index (χ2v) is 9.61. The summed E-state index contributed by atoms with van der Waals surface area (Å²) in [5.74, 6) is -4.69. The van der Waals surface area contributed by atoms with Crippen molar-refractivity contribution in [1.82, 2.24) is 16.0 Å². The van der Waals surface area contributed by atoms with Crippen molar-refractivity contribution in [3.63, 3.8) is 0 Å². The minimum absolute atomic E-state index is 0.00319. The predicted molar refractivity (Wildman–Crippen MR) is 122 cm³/mol. The van der Waals surface area contributed by atoms with E-state index < -0.39 is 60.2 Å². The summed E-state index contributed by atoms with van der Waals surface area (Å²) in [4.78, 5) is 60.7. The number of nitrogens with two attached hydrogens (primary N) is 1. The molecule has 0 aromatic carbocycles. The molecule has 11 heteroatoms. The molecule has 7 N–H and O–H groups in total. The maximum Gasteiger partial charge on any atom is 0.326 e. The predicted octanol–water partition coefficient (Wildman–Crippen LogP) is 0.466. The van der Waals surface area contributed by atoms with E-state index in [0.29, 0.717) is 6.42 Å². The zero-order chi connectivity index (χ0) is 25.9. The Bertz CT molecular complexity index is 694. The van der Waals surface area contributed by atoms with Crippen molar-refractivity contribution in [2.45, 2.75) is 91.4 Å². The Morgan fingerprint density at radius 1 is 0.636 bits per heavy atom. The number of nitrogens with one attached hydrogen (secondary N) is 3. The molecule has 190 valence electrons. The fourth-order valence-electron chi connectivity index (χ4n) is 3.22. The highest BCUT2D eigenvalue weighted by Gasteiger charge is 2.32. The first-order chi connectivity index (χ1) is 15.1. The summed E-state index contributed by atoms with van der Waals surface area (Å²) in [6.45, 7) is 11.1. The number of carboxylic acids is 2. The minimum atomic E-state index is -1.51. The standard InChI is InChI=1S/C22H40N4O7/c1-11(2)7-14(23)19(29)24-15(8-12(3)4)20(30)25-16(10-18(27)28)21(31)26-17(22(32)33)9-13(5)6/h11-17H,7-10,23H2,1-6H3,(H,24,29)(H,25,30)(H,26,31)(H,27,28)(H,32,33). The molecule has 0 saturated carbocycles. The maximum atomic E-state index is 12.9. The molecule has 11 nitrogen and oxygen atoms in total. The van der Waals surface area contributed by atoms with Crippen LogP contribution < -0.4 is 21.7 Å². The second-order valence-electron chi connectivity index (χ2n) is 9.61. The number of carbonyl (C=O) groups excluding carboxylic acids is 3. The summed E-state index contributed by atoms with van der Waals surface area (Å²) < 4.78 is 0. The van der Waals surface area contributed by atoms with E-state index in [1.807, 2.05) is 27.7 Å². The van der Waals surface area contributed by atoms with Gasteiger partial charge in [0.2, 0.25) is 17.7 Å². The third kappa shape index (κ3) is 12.8. The van der Waals surface area contributed by atoms with Gasteiger partial charge >= 0.3 is 11.9 Å². The molecule has 0 rings (SSSR count). The number of carboxylic acid groups (broad SMARTS) is 2. The lowest BCUT2D eigenvalue weighted by atomic mass is 10.00. The molecule has 4 atom stereocenters. The molecule has 0 aliphatic carbocycles. The SMILES string of the molecule is CC(C)CC(N)C(=O)NC(CC(C)C)C(=O)NC(CC(=O)O)C(=O)NC(CC(C)C)C(=O)O. The third-order valence-corrected chi connectivity index (χ3v) is 4.74. The van der Waals surface area contributed by atoms with Crippen LogP contribution in [-0.4, -0.2) is 64.0 Å². The van der Waals surface area contributed by atoms with Gasteiger partial charge in [-0.25, -0.2) is 4.79 Å². The van der Waals surface area contributed by atoms with E-state index in [4.69, 9.17) is 5.73 Å². The molecule has 4 unspecified atom stereocenters. The Hall–Kier alpha value is -2.69. The van der Waals surface area contributed by atoms with Crippen molar-refractivity contribution < 1.29 is 34.2 Å². The van der Waals surface area contributed by atoms with Gasteiger partial charge < -0.3 is 31.9 Å². The Kier molecular flexibility index (Phi) is 13.3. The smallest absolute Gasteiger partial charge is 0.326 e. The van der Waals surface area contributed by atoms with Crippen LogP contribution in [0.25, 0.3) is 0 Å². The molecule has 0 radical (unpaired) electrons. The lowest BCUT2D eigenvalue weighted by molar-refractivity contribution is -0.144.